The first-order chi connectivity index (χ1) is 24.8. The number of primary amides is 1. The largest absolute Gasteiger partial charge is 0.508 e. The summed E-state index contributed by atoms with van der Waals surface area (Å²) in [5.41, 5.74) is 3.87. The van der Waals surface area contributed by atoms with Crippen LogP contribution in [-0.4, -0.2) is 105 Å². The van der Waals surface area contributed by atoms with Gasteiger partial charge in [0.1, 0.15) is 30.6 Å². The van der Waals surface area contributed by atoms with Gasteiger partial charge in [-0.2, -0.15) is 0 Å². The third-order valence-electron chi connectivity index (χ3n) is 8.99. The Morgan fingerprint density at radius 2 is 1.87 bits per heavy atom. The Morgan fingerprint density at radius 3 is 2.56 bits per heavy atom. The summed E-state index contributed by atoms with van der Waals surface area (Å²) in [5.74, 6) is -4.75. The quantitative estimate of drug-likeness (QED) is 0.0684. The molecule has 1 aromatic rings. The van der Waals surface area contributed by atoms with Crippen molar-refractivity contribution in [2.24, 2.45) is 11.7 Å². The van der Waals surface area contributed by atoms with Crippen molar-refractivity contribution in [2.45, 2.75) is 127 Å². The topological polar surface area (TPSA) is 277 Å². The third-order valence-corrected chi connectivity index (χ3v) is 8.99. The number of aliphatic hydroxyl groups excluding tert-OH is 2. The van der Waals surface area contributed by atoms with E-state index in [1.807, 2.05) is 11.9 Å². The molecule has 0 unspecified atom stereocenters. The second kappa shape index (κ2) is 18.8. The number of aliphatic hydroxyl groups is 2. The summed E-state index contributed by atoms with van der Waals surface area (Å²) < 4.78 is 28.6. The molecular formula is C33H47N5O14. The van der Waals surface area contributed by atoms with Crippen molar-refractivity contribution in [1.29, 1.82) is 0 Å². The number of aromatic amines is 1. The van der Waals surface area contributed by atoms with Crippen LogP contribution in [0.1, 0.15) is 77.9 Å². The highest BCUT2D eigenvalue weighted by atomic mass is 16.7. The van der Waals surface area contributed by atoms with Crippen LogP contribution in [0.15, 0.2) is 33.7 Å². The van der Waals surface area contributed by atoms with E-state index in [1.165, 1.54) is 0 Å². The Bertz CT molecular complexity index is 1580. The molecule has 52 heavy (non-hydrogen) atoms. The molecular weight excluding hydrogens is 690 g/mol. The van der Waals surface area contributed by atoms with Gasteiger partial charge in [0.05, 0.1) is 12.5 Å². The maximum absolute atomic E-state index is 13.1. The SMILES string of the molecule is CCCCCCCCOC(=O)O[C@@H]1[C@H](C=O)[C@@H]([C@@H](O[C@H]2OC(C(=O)N[C@H]3CCC[C@@H](C)NC3=O)=C[C@H](O)[C@@H]2O)C(N)=O)O[C@H]1n1ccc(=O)[nH]c1=O. The first kappa shape index (κ1) is 40.2. The van der Waals surface area contributed by atoms with E-state index < -0.39 is 95.9 Å². The number of unbranched alkanes of at least 4 members (excludes halogenated alkanes) is 5. The molecule has 0 bridgehead atoms. The summed E-state index contributed by atoms with van der Waals surface area (Å²) in [6.45, 7) is 3.91. The maximum Gasteiger partial charge on any atom is 0.508 e. The summed E-state index contributed by atoms with van der Waals surface area (Å²) in [7, 11) is 0. The Hall–Kier alpha value is -4.59. The molecule has 0 saturated carbocycles. The summed E-state index contributed by atoms with van der Waals surface area (Å²) >= 11 is 0. The van der Waals surface area contributed by atoms with Crippen LogP contribution in [0.3, 0.4) is 0 Å². The Kier molecular flexibility index (Phi) is 14.5. The van der Waals surface area contributed by atoms with Gasteiger partial charge < -0.3 is 55.1 Å². The van der Waals surface area contributed by atoms with Gasteiger partial charge in [-0.15, -0.1) is 0 Å². The number of nitrogens with one attached hydrogen (secondary N) is 3. The van der Waals surface area contributed by atoms with E-state index >= 15 is 0 Å². The van der Waals surface area contributed by atoms with Gasteiger partial charge in [0.2, 0.25) is 18.1 Å². The summed E-state index contributed by atoms with van der Waals surface area (Å²) in [5, 5.41) is 26.6. The smallest absolute Gasteiger partial charge is 0.456 e. The molecule has 10 atom stereocenters. The van der Waals surface area contributed by atoms with Gasteiger partial charge in [0.25, 0.3) is 11.5 Å². The van der Waals surface area contributed by atoms with E-state index in [9.17, 15) is 43.8 Å². The molecule has 19 nitrogen and oxygen atoms in total. The molecule has 0 aromatic carbocycles. The highest BCUT2D eigenvalue weighted by Crippen LogP contribution is 2.38. The molecule has 19 heteroatoms. The van der Waals surface area contributed by atoms with Crippen molar-refractivity contribution in [3.8, 4) is 0 Å². The molecule has 0 radical (unpaired) electrons. The fraction of sp³-hybridized carbons (Fsp3) is 0.667. The molecule has 3 amide bonds. The molecule has 7 N–H and O–H groups in total. The zero-order valence-corrected chi connectivity index (χ0v) is 29.0. The number of hydrogen-bond donors (Lipinski definition) is 6. The second-order valence-electron chi connectivity index (χ2n) is 13.0. The van der Waals surface area contributed by atoms with Crippen LogP contribution in [0.2, 0.25) is 0 Å². The van der Waals surface area contributed by atoms with E-state index in [1.54, 1.807) is 0 Å². The molecule has 3 aliphatic heterocycles. The maximum atomic E-state index is 13.1. The number of nitrogens with zero attached hydrogens (tertiary/aromatic N) is 1. The highest BCUT2D eigenvalue weighted by Gasteiger charge is 2.54. The van der Waals surface area contributed by atoms with Gasteiger partial charge in [-0.3, -0.25) is 28.7 Å². The monoisotopic (exact) mass is 737 g/mol. The van der Waals surface area contributed by atoms with Gasteiger partial charge in [-0.05, 0) is 38.7 Å². The molecule has 0 spiro atoms. The minimum Gasteiger partial charge on any atom is -0.456 e. The lowest BCUT2D eigenvalue weighted by Gasteiger charge is -2.35. The van der Waals surface area contributed by atoms with Gasteiger partial charge >= 0.3 is 11.8 Å². The van der Waals surface area contributed by atoms with E-state index in [-0.39, 0.29) is 18.9 Å². The number of aldehydes is 1. The lowest BCUT2D eigenvalue weighted by atomic mass is 9.95. The summed E-state index contributed by atoms with van der Waals surface area (Å²) in [6, 6.07) is -0.0572. The minimum atomic E-state index is -1.99. The van der Waals surface area contributed by atoms with Crippen LogP contribution in [-0.2, 0) is 42.9 Å². The number of aromatic nitrogens is 2. The number of nitrogens with two attached hydrogens (primary N) is 1. The predicted molar refractivity (Wildman–Crippen MR) is 177 cm³/mol. The van der Waals surface area contributed by atoms with Gasteiger partial charge in [0.15, 0.2) is 24.2 Å². The Morgan fingerprint density at radius 1 is 1.13 bits per heavy atom. The van der Waals surface area contributed by atoms with Crippen molar-refractivity contribution in [3.63, 3.8) is 0 Å². The molecule has 1 aromatic heterocycles. The number of carbonyl (C=O) groups is 5. The number of hydrogen-bond acceptors (Lipinski definition) is 14. The zero-order valence-electron chi connectivity index (χ0n) is 29.0. The molecule has 4 heterocycles. The van der Waals surface area contributed by atoms with Crippen molar-refractivity contribution in [2.75, 3.05) is 6.61 Å². The number of carbonyl (C=O) groups excluding carboxylic acids is 5. The molecule has 4 rings (SSSR count). The van der Waals surface area contributed by atoms with Gasteiger partial charge in [-0.25, -0.2) is 9.59 Å². The van der Waals surface area contributed by atoms with Crippen LogP contribution in [0.4, 0.5) is 4.79 Å². The number of ether oxygens (including phenoxy) is 5. The Balaban J connectivity index is 1.52. The third kappa shape index (κ3) is 10.3. The summed E-state index contributed by atoms with van der Waals surface area (Å²) in [4.78, 5) is 90.4. The molecule has 288 valence electrons. The molecule has 2 saturated heterocycles. The fourth-order valence-electron chi connectivity index (χ4n) is 6.18. The normalized spacial score (nSPS) is 29.4. The van der Waals surface area contributed by atoms with Gasteiger partial charge in [-0.1, -0.05) is 39.0 Å². The fourth-order valence-corrected chi connectivity index (χ4v) is 6.18. The van der Waals surface area contributed by atoms with Crippen molar-refractivity contribution < 1.29 is 57.9 Å². The number of rotatable bonds is 16. The lowest BCUT2D eigenvalue weighted by molar-refractivity contribution is -0.238. The molecule has 3 aliphatic rings. The first-order valence-corrected chi connectivity index (χ1v) is 17.4. The number of H-pyrrole nitrogens is 1. The van der Waals surface area contributed by atoms with Crippen molar-refractivity contribution >= 4 is 30.2 Å². The second-order valence-corrected chi connectivity index (χ2v) is 13.0. The van der Waals surface area contributed by atoms with Crippen molar-refractivity contribution in [1.82, 2.24) is 20.2 Å². The number of amides is 3. The zero-order chi connectivity index (χ0) is 37.9. The van der Waals surface area contributed by atoms with E-state index in [4.69, 9.17) is 29.4 Å². The van der Waals surface area contributed by atoms with E-state index in [2.05, 4.69) is 17.6 Å². The average molecular weight is 738 g/mol. The first-order valence-electron chi connectivity index (χ1n) is 17.4. The van der Waals surface area contributed by atoms with E-state index in [0.717, 1.165) is 55.0 Å². The van der Waals surface area contributed by atoms with Gasteiger partial charge in [0, 0.05) is 18.3 Å². The van der Waals surface area contributed by atoms with Crippen LogP contribution < -0.4 is 27.6 Å². The average Bonchev–Trinajstić information content (AvgIpc) is 3.35. The van der Waals surface area contributed by atoms with Crippen LogP contribution in [0, 0.1) is 5.92 Å². The van der Waals surface area contributed by atoms with Crippen LogP contribution >= 0.6 is 0 Å². The standard InChI is InChI=1S/C33H47N5O14/c1-3-4-5-6-7-8-14-48-33(47)52-25-18(16-39)24(50-30(25)38-13-12-22(41)37-32(38)46)26(27(34)43)51-31-23(42)20(40)15-21(49-31)29(45)36-19-11-9-10-17(2)35-28(19)44/h12-13,15-20,23-26,30-31,40,42H,3-11,14H2,1-2H3,(H2,34,43)(H,35,44)(H,36,45)(H,37,41,46)/t17-,18-,19+,20+,23+,24+,25-,26-,30-,31-/m1/s1. The minimum absolute atomic E-state index is 0.00276. The predicted octanol–water partition coefficient (Wildman–Crippen LogP) is -0.863. The van der Waals surface area contributed by atoms with Crippen LogP contribution in [0.5, 0.6) is 0 Å². The van der Waals surface area contributed by atoms with Crippen LogP contribution in [0.25, 0.3) is 0 Å². The van der Waals surface area contributed by atoms with E-state index in [0.29, 0.717) is 25.7 Å². The lowest BCUT2D eigenvalue weighted by Crippen LogP contribution is -2.53. The Labute approximate surface area is 298 Å². The van der Waals surface area contributed by atoms with Crippen molar-refractivity contribution in [3.05, 3.63) is 44.9 Å². The molecule has 2 fully saturated rings. The highest BCUT2D eigenvalue weighted by molar-refractivity contribution is 5.95. The summed E-state index contributed by atoms with van der Waals surface area (Å²) in [6.07, 6.45) is -4.53. The molecule has 0 aliphatic carbocycles.